The Labute approximate surface area is 107 Å². The molecule has 0 bridgehead atoms. The van der Waals surface area contributed by atoms with Crippen LogP contribution in [0.4, 0.5) is 4.39 Å². The zero-order chi connectivity index (χ0) is 13.1. The molecule has 6 heteroatoms. The predicted molar refractivity (Wildman–Crippen MR) is 65.2 cm³/mol. The van der Waals surface area contributed by atoms with Gasteiger partial charge in [0.1, 0.15) is 15.7 Å². The number of aromatic carboxylic acids is 1. The molecule has 0 fully saturated rings. The fourth-order valence-corrected chi connectivity index (χ4v) is 2.44. The molecule has 0 aliphatic rings. The number of hydrogen-bond acceptors (Lipinski definition) is 4. The molecule has 0 saturated heterocycles. The van der Waals surface area contributed by atoms with Gasteiger partial charge in [-0.3, -0.25) is 0 Å². The number of methoxy groups -OCH3 is 1. The van der Waals surface area contributed by atoms with Gasteiger partial charge in [-0.15, -0.1) is 11.3 Å². The summed E-state index contributed by atoms with van der Waals surface area (Å²) in [5.74, 6) is -1.51. The Morgan fingerprint density at radius 1 is 1.50 bits per heavy atom. The van der Waals surface area contributed by atoms with Gasteiger partial charge in [-0.25, -0.2) is 14.2 Å². The van der Waals surface area contributed by atoms with Crippen LogP contribution in [0.15, 0.2) is 24.3 Å². The van der Waals surface area contributed by atoms with E-state index in [-0.39, 0.29) is 11.5 Å². The SMILES string of the molecule is COCc1nc(-c2ccccc2F)sc1C(=O)O. The van der Waals surface area contributed by atoms with Gasteiger partial charge in [-0.1, -0.05) is 12.1 Å². The molecular weight excluding hydrogens is 257 g/mol. The molecule has 0 unspecified atom stereocenters. The van der Waals surface area contributed by atoms with Crippen molar-refractivity contribution in [2.75, 3.05) is 7.11 Å². The van der Waals surface area contributed by atoms with Crippen LogP contribution in [-0.2, 0) is 11.3 Å². The molecule has 4 nitrogen and oxygen atoms in total. The van der Waals surface area contributed by atoms with E-state index in [1.54, 1.807) is 18.2 Å². The third-order valence-corrected chi connectivity index (χ3v) is 3.40. The maximum Gasteiger partial charge on any atom is 0.347 e. The first-order valence-electron chi connectivity index (χ1n) is 5.10. The molecule has 1 N–H and O–H groups in total. The van der Waals surface area contributed by atoms with Crippen LogP contribution in [0.1, 0.15) is 15.4 Å². The Hall–Kier alpha value is -1.79. The topological polar surface area (TPSA) is 59.4 Å². The van der Waals surface area contributed by atoms with Crippen LogP contribution in [0.3, 0.4) is 0 Å². The minimum absolute atomic E-state index is 0.0788. The van der Waals surface area contributed by atoms with Gasteiger partial charge < -0.3 is 9.84 Å². The Morgan fingerprint density at radius 2 is 2.22 bits per heavy atom. The number of rotatable bonds is 4. The summed E-state index contributed by atoms with van der Waals surface area (Å²) in [7, 11) is 1.45. The summed E-state index contributed by atoms with van der Waals surface area (Å²) in [5, 5.41) is 9.39. The summed E-state index contributed by atoms with van der Waals surface area (Å²) < 4.78 is 18.5. The number of carboxylic acids is 1. The quantitative estimate of drug-likeness (QED) is 0.925. The van der Waals surface area contributed by atoms with E-state index in [0.717, 1.165) is 11.3 Å². The van der Waals surface area contributed by atoms with Crippen LogP contribution in [0, 0.1) is 5.82 Å². The van der Waals surface area contributed by atoms with Crippen LogP contribution in [0.25, 0.3) is 10.6 Å². The van der Waals surface area contributed by atoms with Crippen LogP contribution >= 0.6 is 11.3 Å². The monoisotopic (exact) mass is 267 g/mol. The second-order valence-corrected chi connectivity index (χ2v) is 4.51. The number of thiazole rings is 1. The summed E-state index contributed by atoms with van der Waals surface area (Å²) in [6.07, 6.45) is 0. The highest BCUT2D eigenvalue weighted by molar-refractivity contribution is 7.17. The number of carboxylic acid groups (broad SMARTS) is 1. The van der Waals surface area contributed by atoms with E-state index in [1.165, 1.54) is 13.2 Å². The summed E-state index contributed by atoms with van der Waals surface area (Å²) in [5.41, 5.74) is 0.612. The van der Waals surface area contributed by atoms with Crippen LogP contribution in [0.2, 0.25) is 0 Å². The van der Waals surface area contributed by atoms with Crippen molar-refractivity contribution in [1.82, 2.24) is 4.98 Å². The van der Waals surface area contributed by atoms with Gasteiger partial charge >= 0.3 is 5.97 Å². The van der Waals surface area contributed by atoms with Gasteiger partial charge in [0.2, 0.25) is 0 Å². The molecule has 0 atom stereocenters. The summed E-state index contributed by atoms with van der Waals surface area (Å²) in [6.45, 7) is 0.0899. The van der Waals surface area contributed by atoms with Crippen molar-refractivity contribution in [3.63, 3.8) is 0 Å². The van der Waals surface area contributed by atoms with Crippen LogP contribution in [-0.4, -0.2) is 23.2 Å². The maximum atomic E-state index is 13.6. The molecule has 2 aromatic rings. The zero-order valence-electron chi connectivity index (χ0n) is 9.51. The Kier molecular flexibility index (Phi) is 3.69. The van der Waals surface area contributed by atoms with Crippen molar-refractivity contribution in [3.05, 3.63) is 40.7 Å². The number of hydrogen-bond donors (Lipinski definition) is 1. The molecule has 0 aliphatic carbocycles. The summed E-state index contributed by atoms with van der Waals surface area (Å²) in [6, 6.07) is 6.13. The average Bonchev–Trinajstić information content (AvgIpc) is 2.74. The van der Waals surface area contributed by atoms with Crippen molar-refractivity contribution in [2.24, 2.45) is 0 Å². The van der Waals surface area contributed by atoms with E-state index in [9.17, 15) is 9.18 Å². The second kappa shape index (κ2) is 5.24. The lowest BCUT2D eigenvalue weighted by Gasteiger charge is -1.97. The summed E-state index contributed by atoms with van der Waals surface area (Å²) >= 11 is 0.944. The first-order chi connectivity index (χ1) is 8.63. The van der Waals surface area contributed by atoms with E-state index in [2.05, 4.69) is 4.98 Å². The lowest BCUT2D eigenvalue weighted by Crippen LogP contribution is -1.99. The normalized spacial score (nSPS) is 10.6. The second-order valence-electron chi connectivity index (χ2n) is 3.51. The van der Waals surface area contributed by atoms with E-state index in [4.69, 9.17) is 9.84 Å². The van der Waals surface area contributed by atoms with Gasteiger partial charge in [-0.2, -0.15) is 0 Å². The number of ether oxygens (including phenoxy) is 1. The van der Waals surface area contributed by atoms with E-state index in [0.29, 0.717) is 16.3 Å². The lowest BCUT2D eigenvalue weighted by molar-refractivity contribution is 0.0697. The largest absolute Gasteiger partial charge is 0.477 e. The van der Waals surface area contributed by atoms with Crippen molar-refractivity contribution < 1.29 is 19.0 Å². The standard InChI is InChI=1S/C12H10FNO3S/c1-17-6-9-10(12(15)16)18-11(14-9)7-4-2-3-5-8(7)13/h2-5H,6H2,1H3,(H,15,16). The van der Waals surface area contributed by atoms with Gasteiger partial charge in [0.15, 0.2) is 0 Å². The first-order valence-corrected chi connectivity index (χ1v) is 5.92. The minimum Gasteiger partial charge on any atom is -0.477 e. The number of aromatic nitrogens is 1. The highest BCUT2D eigenvalue weighted by atomic mass is 32.1. The molecule has 0 radical (unpaired) electrons. The third kappa shape index (κ3) is 2.39. The van der Waals surface area contributed by atoms with Crippen molar-refractivity contribution in [3.8, 4) is 10.6 Å². The molecule has 94 valence electrons. The summed E-state index contributed by atoms with van der Waals surface area (Å²) in [4.78, 5) is 15.3. The van der Waals surface area contributed by atoms with Gasteiger partial charge in [-0.05, 0) is 12.1 Å². The molecule has 1 aromatic heterocycles. The van der Waals surface area contributed by atoms with Crippen molar-refractivity contribution >= 4 is 17.3 Å². The van der Waals surface area contributed by atoms with Gasteiger partial charge in [0.05, 0.1) is 12.3 Å². The lowest BCUT2D eigenvalue weighted by atomic mass is 10.2. The minimum atomic E-state index is -1.08. The molecule has 1 heterocycles. The maximum absolute atomic E-state index is 13.6. The fraction of sp³-hybridized carbons (Fsp3) is 0.167. The molecule has 0 spiro atoms. The Balaban J connectivity index is 2.50. The molecule has 0 amide bonds. The van der Waals surface area contributed by atoms with Gasteiger partial charge in [0, 0.05) is 12.7 Å². The Morgan fingerprint density at radius 3 is 2.83 bits per heavy atom. The van der Waals surface area contributed by atoms with E-state index < -0.39 is 11.8 Å². The molecule has 0 saturated carbocycles. The smallest absolute Gasteiger partial charge is 0.347 e. The highest BCUT2D eigenvalue weighted by Crippen LogP contribution is 2.30. The number of nitrogens with zero attached hydrogens (tertiary/aromatic N) is 1. The third-order valence-electron chi connectivity index (χ3n) is 2.28. The van der Waals surface area contributed by atoms with Crippen molar-refractivity contribution in [2.45, 2.75) is 6.61 Å². The molecular formula is C12H10FNO3S. The first kappa shape index (κ1) is 12.7. The molecule has 1 aromatic carbocycles. The predicted octanol–water partition coefficient (Wildman–Crippen LogP) is 2.79. The molecule has 0 aliphatic heterocycles. The molecule has 2 rings (SSSR count). The number of halogens is 1. The van der Waals surface area contributed by atoms with Crippen LogP contribution < -0.4 is 0 Å². The highest BCUT2D eigenvalue weighted by Gasteiger charge is 2.19. The van der Waals surface area contributed by atoms with Crippen LogP contribution in [0.5, 0.6) is 0 Å². The van der Waals surface area contributed by atoms with Crippen molar-refractivity contribution in [1.29, 1.82) is 0 Å². The number of carbonyl (C=O) groups is 1. The van der Waals surface area contributed by atoms with E-state index >= 15 is 0 Å². The Bertz CT molecular complexity index is 582. The number of benzene rings is 1. The molecule has 18 heavy (non-hydrogen) atoms. The fourth-order valence-electron chi connectivity index (χ4n) is 1.50. The van der Waals surface area contributed by atoms with Gasteiger partial charge in [0.25, 0.3) is 0 Å². The zero-order valence-corrected chi connectivity index (χ0v) is 10.3. The average molecular weight is 267 g/mol. The van der Waals surface area contributed by atoms with E-state index in [1.807, 2.05) is 0 Å².